The lowest BCUT2D eigenvalue weighted by molar-refractivity contribution is 0.419. The molecule has 2 aromatic rings. The SMILES string of the molecule is COc1ccnc2[nH]c(=O)ccc12. The minimum atomic E-state index is -0.159. The number of nitrogens with zero attached hydrogens (tertiary/aromatic N) is 1. The van der Waals surface area contributed by atoms with Crippen LogP contribution in [0.1, 0.15) is 0 Å². The summed E-state index contributed by atoms with van der Waals surface area (Å²) in [7, 11) is 1.58. The molecule has 0 aromatic carbocycles. The summed E-state index contributed by atoms with van der Waals surface area (Å²) in [6.45, 7) is 0. The Balaban J connectivity index is 2.85. The van der Waals surface area contributed by atoms with Crippen LogP contribution < -0.4 is 10.3 Å². The van der Waals surface area contributed by atoms with Crippen LogP contribution in [0, 0.1) is 0 Å². The van der Waals surface area contributed by atoms with Gasteiger partial charge in [-0.2, -0.15) is 0 Å². The summed E-state index contributed by atoms with van der Waals surface area (Å²) in [4.78, 5) is 17.6. The molecule has 4 nitrogen and oxygen atoms in total. The number of hydrogen-bond acceptors (Lipinski definition) is 3. The third-order valence-corrected chi connectivity index (χ3v) is 1.81. The standard InChI is InChI=1S/C9H8N2O2/c1-13-7-4-5-10-9-6(7)2-3-8(12)11-9/h2-5H,1H3,(H,10,11,12). The van der Waals surface area contributed by atoms with Crippen LogP contribution >= 0.6 is 0 Å². The highest BCUT2D eigenvalue weighted by molar-refractivity contribution is 5.81. The van der Waals surface area contributed by atoms with Crippen molar-refractivity contribution in [1.29, 1.82) is 0 Å². The molecule has 2 aromatic heterocycles. The van der Waals surface area contributed by atoms with Gasteiger partial charge < -0.3 is 9.72 Å². The van der Waals surface area contributed by atoms with Gasteiger partial charge in [0.1, 0.15) is 11.4 Å². The van der Waals surface area contributed by atoms with Crippen LogP contribution in [-0.2, 0) is 0 Å². The summed E-state index contributed by atoms with van der Waals surface area (Å²) in [6, 6.07) is 4.90. The van der Waals surface area contributed by atoms with Crippen LogP contribution in [0.5, 0.6) is 5.75 Å². The van der Waals surface area contributed by atoms with Crippen molar-refractivity contribution >= 4 is 11.0 Å². The van der Waals surface area contributed by atoms with Gasteiger partial charge in [0.25, 0.3) is 0 Å². The number of H-pyrrole nitrogens is 1. The lowest BCUT2D eigenvalue weighted by Gasteiger charge is -2.02. The van der Waals surface area contributed by atoms with Crippen molar-refractivity contribution in [2.45, 2.75) is 0 Å². The molecule has 13 heavy (non-hydrogen) atoms. The normalized spacial score (nSPS) is 10.2. The van der Waals surface area contributed by atoms with E-state index in [1.165, 1.54) is 6.07 Å². The molecule has 0 spiro atoms. The molecule has 0 bridgehead atoms. The molecular weight excluding hydrogens is 168 g/mol. The number of methoxy groups -OCH3 is 1. The van der Waals surface area contributed by atoms with Gasteiger partial charge in [-0.3, -0.25) is 4.79 Å². The van der Waals surface area contributed by atoms with Gasteiger partial charge in [0.15, 0.2) is 0 Å². The zero-order valence-electron chi connectivity index (χ0n) is 7.07. The van der Waals surface area contributed by atoms with Crippen molar-refractivity contribution in [2.24, 2.45) is 0 Å². The highest BCUT2D eigenvalue weighted by Crippen LogP contribution is 2.19. The van der Waals surface area contributed by atoms with Gasteiger partial charge >= 0.3 is 0 Å². The Morgan fingerprint density at radius 3 is 3.00 bits per heavy atom. The van der Waals surface area contributed by atoms with Gasteiger partial charge in [-0.15, -0.1) is 0 Å². The van der Waals surface area contributed by atoms with Crippen molar-refractivity contribution in [1.82, 2.24) is 9.97 Å². The van der Waals surface area contributed by atoms with E-state index < -0.39 is 0 Å². The molecule has 0 amide bonds. The second kappa shape index (κ2) is 2.90. The molecule has 0 atom stereocenters. The highest BCUT2D eigenvalue weighted by atomic mass is 16.5. The second-order valence-corrected chi connectivity index (χ2v) is 2.60. The molecule has 0 unspecified atom stereocenters. The smallest absolute Gasteiger partial charge is 0.249 e. The molecular formula is C9H8N2O2. The third-order valence-electron chi connectivity index (χ3n) is 1.81. The average molecular weight is 176 g/mol. The van der Waals surface area contributed by atoms with Crippen molar-refractivity contribution in [3.05, 3.63) is 34.7 Å². The Morgan fingerprint density at radius 1 is 1.38 bits per heavy atom. The molecule has 66 valence electrons. The maximum absolute atomic E-state index is 10.9. The fraction of sp³-hybridized carbons (Fsp3) is 0.111. The predicted molar refractivity (Wildman–Crippen MR) is 48.9 cm³/mol. The number of aromatic amines is 1. The van der Waals surface area contributed by atoms with Crippen LogP contribution in [0.3, 0.4) is 0 Å². The van der Waals surface area contributed by atoms with Crippen molar-refractivity contribution in [3.63, 3.8) is 0 Å². The van der Waals surface area contributed by atoms with Gasteiger partial charge in [-0.1, -0.05) is 0 Å². The number of rotatable bonds is 1. The van der Waals surface area contributed by atoms with Gasteiger partial charge in [0, 0.05) is 12.3 Å². The lowest BCUT2D eigenvalue weighted by atomic mass is 10.3. The van der Waals surface area contributed by atoms with E-state index in [0.717, 1.165) is 5.39 Å². The van der Waals surface area contributed by atoms with E-state index in [2.05, 4.69) is 9.97 Å². The first-order chi connectivity index (χ1) is 6.31. The van der Waals surface area contributed by atoms with Crippen LogP contribution in [0.4, 0.5) is 0 Å². The van der Waals surface area contributed by atoms with Crippen LogP contribution in [0.25, 0.3) is 11.0 Å². The molecule has 0 saturated carbocycles. The number of hydrogen-bond donors (Lipinski definition) is 1. The van der Waals surface area contributed by atoms with Crippen LogP contribution in [0.15, 0.2) is 29.2 Å². The summed E-state index contributed by atoms with van der Waals surface area (Å²) in [6.07, 6.45) is 1.59. The topological polar surface area (TPSA) is 55.0 Å². The molecule has 1 N–H and O–H groups in total. The van der Waals surface area contributed by atoms with Gasteiger partial charge in [-0.05, 0) is 12.1 Å². The fourth-order valence-electron chi connectivity index (χ4n) is 1.21. The maximum Gasteiger partial charge on any atom is 0.249 e. The molecule has 0 fully saturated rings. The monoisotopic (exact) mass is 176 g/mol. The third kappa shape index (κ3) is 1.26. The van der Waals surface area contributed by atoms with E-state index >= 15 is 0 Å². The quantitative estimate of drug-likeness (QED) is 0.703. The number of fused-ring (bicyclic) bond motifs is 1. The number of pyridine rings is 2. The van der Waals surface area contributed by atoms with Crippen molar-refractivity contribution in [3.8, 4) is 5.75 Å². The van der Waals surface area contributed by atoms with E-state index in [1.807, 2.05) is 0 Å². The lowest BCUT2D eigenvalue weighted by Crippen LogP contribution is -2.03. The van der Waals surface area contributed by atoms with E-state index in [1.54, 1.807) is 25.4 Å². The molecule has 0 radical (unpaired) electrons. The molecule has 4 heteroatoms. The van der Waals surface area contributed by atoms with Crippen molar-refractivity contribution < 1.29 is 4.74 Å². The summed E-state index contributed by atoms with van der Waals surface area (Å²) >= 11 is 0. The molecule has 0 aliphatic heterocycles. The Labute approximate surface area is 74.2 Å². The molecule has 2 rings (SSSR count). The van der Waals surface area contributed by atoms with Crippen LogP contribution in [-0.4, -0.2) is 17.1 Å². The number of nitrogens with one attached hydrogen (secondary N) is 1. The first kappa shape index (κ1) is 7.79. The minimum absolute atomic E-state index is 0.159. The Bertz CT molecular complexity index is 490. The second-order valence-electron chi connectivity index (χ2n) is 2.60. The highest BCUT2D eigenvalue weighted by Gasteiger charge is 2.00. The number of aromatic nitrogens is 2. The largest absolute Gasteiger partial charge is 0.496 e. The number of ether oxygens (including phenoxy) is 1. The average Bonchev–Trinajstić information content (AvgIpc) is 2.16. The Morgan fingerprint density at radius 2 is 2.23 bits per heavy atom. The maximum atomic E-state index is 10.9. The summed E-state index contributed by atoms with van der Waals surface area (Å²) in [5.41, 5.74) is 0.389. The fourth-order valence-corrected chi connectivity index (χ4v) is 1.21. The van der Waals surface area contributed by atoms with E-state index in [4.69, 9.17) is 4.74 Å². The summed E-state index contributed by atoms with van der Waals surface area (Å²) in [5, 5.41) is 0.810. The van der Waals surface area contributed by atoms with Gasteiger partial charge in [-0.25, -0.2) is 4.98 Å². The molecule has 0 saturated heterocycles. The van der Waals surface area contributed by atoms with E-state index in [0.29, 0.717) is 11.4 Å². The Kier molecular flexibility index (Phi) is 1.73. The van der Waals surface area contributed by atoms with Crippen molar-refractivity contribution in [2.75, 3.05) is 7.11 Å². The van der Waals surface area contributed by atoms with Crippen LogP contribution in [0.2, 0.25) is 0 Å². The molecule has 0 aliphatic rings. The van der Waals surface area contributed by atoms with E-state index in [9.17, 15) is 4.79 Å². The first-order valence-electron chi connectivity index (χ1n) is 3.83. The van der Waals surface area contributed by atoms with Gasteiger partial charge in [0.05, 0.1) is 12.5 Å². The first-order valence-corrected chi connectivity index (χ1v) is 3.83. The zero-order chi connectivity index (χ0) is 9.26. The minimum Gasteiger partial charge on any atom is -0.496 e. The molecule has 2 heterocycles. The Hall–Kier alpha value is -1.84. The summed E-state index contributed by atoms with van der Waals surface area (Å²) in [5.74, 6) is 0.709. The summed E-state index contributed by atoms with van der Waals surface area (Å²) < 4.78 is 5.11. The van der Waals surface area contributed by atoms with Gasteiger partial charge in [0.2, 0.25) is 5.56 Å². The molecule has 0 aliphatic carbocycles. The van der Waals surface area contributed by atoms with E-state index in [-0.39, 0.29) is 5.56 Å². The zero-order valence-corrected chi connectivity index (χ0v) is 7.07. The predicted octanol–water partition coefficient (Wildman–Crippen LogP) is 0.932.